The summed E-state index contributed by atoms with van der Waals surface area (Å²) in [6.07, 6.45) is 3.43. The molecule has 0 unspecified atom stereocenters. The Balaban J connectivity index is 1.93. The number of hydrogen-bond acceptors (Lipinski definition) is 2. The average molecular weight is 373 g/mol. The lowest BCUT2D eigenvalue weighted by Crippen LogP contribution is -2.31. The predicted octanol–water partition coefficient (Wildman–Crippen LogP) is 3.15. The molecule has 1 aromatic rings. The van der Waals surface area contributed by atoms with E-state index in [0.29, 0.717) is 5.41 Å². The van der Waals surface area contributed by atoms with Crippen LogP contribution in [0.5, 0.6) is 0 Å². The van der Waals surface area contributed by atoms with E-state index in [0.717, 1.165) is 34.3 Å². The van der Waals surface area contributed by atoms with Gasteiger partial charge in [-0.15, -0.1) is 0 Å². The smallest absolute Gasteiger partial charge is 0.252 e. The molecular formula is C15H20INO2. The van der Waals surface area contributed by atoms with Gasteiger partial charge in [-0.05, 0) is 65.8 Å². The largest absolute Gasteiger partial charge is 0.385 e. The van der Waals surface area contributed by atoms with Crippen molar-refractivity contribution < 1.29 is 9.53 Å². The van der Waals surface area contributed by atoms with Crippen molar-refractivity contribution in [2.45, 2.75) is 26.2 Å². The summed E-state index contributed by atoms with van der Waals surface area (Å²) in [5.41, 5.74) is 2.22. The molecule has 104 valence electrons. The molecule has 3 nitrogen and oxygen atoms in total. The van der Waals surface area contributed by atoms with E-state index in [9.17, 15) is 4.79 Å². The van der Waals surface area contributed by atoms with Gasteiger partial charge in [0.05, 0.1) is 5.56 Å². The van der Waals surface area contributed by atoms with Gasteiger partial charge in [-0.25, -0.2) is 0 Å². The molecule has 1 N–H and O–H groups in total. The van der Waals surface area contributed by atoms with Crippen molar-refractivity contribution in [2.75, 3.05) is 20.3 Å². The van der Waals surface area contributed by atoms with Gasteiger partial charge in [-0.1, -0.05) is 12.1 Å². The first-order chi connectivity index (χ1) is 9.08. The lowest BCUT2D eigenvalue weighted by Gasteiger charge is -2.16. The third-order valence-corrected chi connectivity index (χ3v) is 5.29. The molecule has 0 atom stereocenters. The van der Waals surface area contributed by atoms with Gasteiger partial charge in [0.1, 0.15) is 0 Å². The van der Waals surface area contributed by atoms with Crippen molar-refractivity contribution in [3.63, 3.8) is 0 Å². The molecule has 0 aromatic heterocycles. The van der Waals surface area contributed by atoms with E-state index in [2.05, 4.69) is 27.9 Å². The fourth-order valence-electron chi connectivity index (χ4n) is 2.20. The summed E-state index contributed by atoms with van der Waals surface area (Å²) < 4.78 is 6.17. The minimum Gasteiger partial charge on any atom is -0.385 e. The summed E-state index contributed by atoms with van der Waals surface area (Å²) in [7, 11) is 1.73. The molecule has 0 radical (unpaired) electrons. The second kappa shape index (κ2) is 6.22. The molecule has 0 spiro atoms. The summed E-state index contributed by atoms with van der Waals surface area (Å²) in [6, 6.07) is 5.85. The van der Waals surface area contributed by atoms with Crippen LogP contribution in [0.3, 0.4) is 0 Å². The third kappa shape index (κ3) is 3.69. The molecule has 0 aliphatic heterocycles. The molecule has 0 heterocycles. The second-order valence-electron chi connectivity index (χ2n) is 5.36. The van der Waals surface area contributed by atoms with E-state index in [1.807, 2.05) is 25.1 Å². The highest BCUT2D eigenvalue weighted by atomic mass is 127. The predicted molar refractivity (Wildman–Crippen MR) is 84.4 cm³/mol. The molecule has 1 fully saturated rings. The van der Waals surface area contributed by atoms with Crippen molar-refractivity contribution in [1.29, 1.82) is 0 Å². The molecule has 0 saturated heterocycles. The number of benzene rings is 1. The minimum atomic E-state index is 0.0387. The van der Waals surface area contributed by atoms with Crippen LogP contribution >= 0.6 is 22.6 Å². The van der Waals surface area contributed by atoms with Crippen LogP contribution in [0.4, 0.5) is 0 Å². The SMILES string of the molecule is COCCC1(CNC(=O)c2cccc(C)c2I)CC1. The summed E-state index contributed by atoms with van der Waals surface area (Å²) in [5.74, 6) is 0.0387. The van der Waals surface area contributed by atoms with Crippen LogP contribution in [0.25, 0.3) is 0 Å². The monoisotopic (exact) mass is 373 g/mol. The Hall–Kier alpha value is -0.620. The molecule has 4 heteroatoms. The van der Waals surface area contributed by atoms with Gasteiger partial charge in [0.2, 0.25) is 0 Å². The topological polar surface area (TPSA) is 38.3 Å². The number of aryl methyl sites for hydroxylation is 1. The van der Waals surface area contributed by atoms with Crippen LogP contribution in [0.15, 0.2) is 18.2 Å². The Morgan fingerprint density at radius 1 is 1.47 bits per heavy atom. The molecular weight excluding hydrogens is 353 g/mol. The zero-order valence-electron chi connectivity index (χ0n) is 11.5. The quantitative estimate of drug-likeness (QED) is 0.779. The second-order valence-corrected chi connectivity index (χ2v) is 6.44. The number of carbonyl (C=O) groups excluding carboxylic acids is 1. The van der Waals surface area contributed by atoms with Crippen LogP contribution in [-0.2, 0) is 4.74 Å². The third-order valence-electron chi connectivity index (χ3n) is 3.85. The van der Waals surface area contributed by atoms with Crippen LogP contribution in [0, 0.1) is 15.9 Å². The minimum absolute atomic E-state index is 0.0387. The maximum Gasteiger partial charge on any atom is 0.252 e. The highest BCUT2D eigenvalue weighted by Gasteiger charge is 2.42. The van der Waals surface area contributed by atoms with Gasteiger partial charge in [0.15, 0.2) is 0 Å². The first-order valence-electron chi connectivity index (χ1n) is 6.60. The molecule has 1 amide bonds. The zero-order chi connectivity index (χ0) is 13.9. The van der Waals surface area contributed by atoms with Crippen LogP contribution in [0.1, 0.15) is 35.2 Å². The Morgan fingerprint density at radius 2 is 2.21 bits per heavy atom. The lowest BCUT2D eigenvalue weighted by molar-refractivity contribution is 0.0937. The van der Waals surface area contributed by atoms with Crippen molar-refractivity contribution >= 4 is 28.5 Å². The Bertz CT molecular complexity index is 469. The van der Waals surface area contributed by atoms with E-state index in [1.165, 1.54) is 12.8 Å². The van der Waals surface area contributed by atoms with Gasteiger partial charge in [-0.2, -0.15) is 0 Å². The molecule has 1 aliphatic carbocycles. The van der Waals surface area contributed by atoms with Crippen molar-refractivity contribution in [3.05, 3.63) is 32.9 Å². The summed E-state index contributed by atoms with van der Waals surface area (Å²) in [4.78, 5) is 12.2. The number of nitrogens with one attached hydrogen (secondary N) is 1. The molecule has 1 aromatic carbocycles. The van der Waals surface area contributed by atoms with Gasteiger partial charge in [-0.3, -0.25) is 4.79 Å². The number of hydrogen-bond donors (Lipinski definition) is 1. The number of rotatable bonds is 6. The molecule has 19 heavy (non-hydrogen) atoms. The van der Waals surface area contributed by atoms with E-state index in [4.69, 9.17) is 4.74 Å². The zero-order valence-corrected chi connectivity index (χ0v) is 13.6. The van der Waals surface area contributed by atoms with Crippen molar-refractivity contribution in [3.8, 4) is 0 Å². The highest BCUT2D eigenvalue weighted by Crippen LogP contribution is 2.48. The highest BCUT2D eigenvalue weighted by molar-refractivity contribution is 14.1. The van der Waals surface area contributed by atoms with Gasteiger partial charge in [0, 0.05) is 23.8 Å². The Labute approximate surface area is 128 Å². The molecule has 0 bridgehead atoms. The van der Waals surface area contributed by atoms with Gasteiger partial charge < -0.3 is 10.1 Å². The van der Waals surface area contributed by atoms with E-state index < -0.39 is 0 Å². The van der Waals surface area contributed by atoms with Crippen LogP contribution in [-0.4, -0.2) is 26.2 Å². The number of halogens is 1. The molecule has 1 saturated carbocycles. The normalized spacial score (nSPS) is 16.2. The number of carbonyl (C=O) groups is 1. The fraction of sp³-hybridized carbons (Fsp3) is 0.533. The maximum atomic E-state index is 12.2. The maximum absolute atomic E-state index is 12.2. The van der Waals surface area contributed by atoms with Crippen LogP contribution < -0.4 is 5.32 Å². The fourth-order valence-corrected chi connectivity index (χ4v) is 2.80. The average Bonchev–Trinajstić information content (AvgIpc) is 3.17. The molecule has 1 aliphatic rings. The number of amides is 1. The standard InChI is InChI=1S/C15H20INO2/c1-11-4-3-5-12(13(11)16)14(18)17-10-15(6-7-15)8-9-19-2/h3-5H,6-10H2,1-2H3,(H,17,18). The lowest BCUT2D eigenvalue weighted by atomic mass is 10.0. The van der Waals surface area contributed by atoms with Gasteiger partial charge in [0.25, 0.3) is 5.91 Å². The first kappa shape index (κ1) is 14.8. The number of ether oxygens (including phenoxy) is 1. The van der Waals surface area contributed by atoms with Crippen molar-refractivity contribution in [1.82, 2.24) is 5.32 Å². The Morgan fingerprint density at radius 3 is 2.84 bits per heavy atom. The number of methoxy groups -OCH3 is 1. The summed E-state index contributed by atoms with van der Waals surface area (Å²) in [6.45, 7) is 3.57. The first-order valence-corrected chi connectivity index (χ1v) is 7.68. The van der Waals surface area contributed by atoms with Gasteiger partial charge >= 0.3 is 0 Å². The van der Waals surface area contributed by atoms with E-state index in [-0.39, 0.29) is 5.91 Å². The summed E-state index contributed by atoms with van der Waals surface area (Å²) in [5, 5.41) is 3.08. The Kier molecular flexibility index (Phi) is 4.84. The van der Waals surface area contributed by atoms with E-state index >= 15 is 0 Å². The van der Waals surface area contributed by atoms with E-state index in [1.54, 1.807) is 7.11 Å². The summed E-state index contributed by atoms with van der Waals surface area (Å²) >= 11 is 2.24. The van der Waals surface area contributed by atoms with Crippen LogP contribution in [0.2, 0.25) is 0 Å². The molecule has 2 rings (SSSR count). The van der Waals surface area contributed by atoms with Crippen molar-refractivity contribution in [2.24, 2.45) is 5.41 Å².